The molecule has 8 heteroatoms. The number of rotatable bonds is 6. The number of sulfonamides is 1. The van der Waals surface area contributed by atoms with Crippen LogP contribution in [-0.4, -0.2) is 31.4 Å². The van der Waals surface area contributed by atoms with Gasteiger partial charge in [-0.2, -0.15) is 9.57 Å². The third-order valence-electron chi connectivity index (χ3n) is 3.36. The average molecular weight is 361 g/mol. The van der Waals surface area contributed by atoms with E-state index in [9.17, 15) is 17.6 Å². The molecule has 0 aliphatic heterocycles. The Balaban J connectivity index is 2.07. The summed E-state index contributed by atoms with van der Waals surface area (Å²) in [6, 6.07) is 13.6. The molecule has 0 aromatic heterocycles. The molecule has 130 valence electrons. The third kappa shape index (κ3) is 5.67. The molecular formula is C17H16FN3O3S. The molecule has 1 N–H and O–H groups in total. The Hall–Kier alpha value is -2.76. The van der Waals surface area contributed by atoms with Gasteiger partial charge >= 0.3 is 0 Å². The minimum atomic E-state index is -3.64. The molecule has 2 aromatic rings. The molecule has 0 radical (unpaired) electrons. The second-order valence-electron chi connectivity index (χ2n) is 5.39. The highest BCUT2D eigenvalue weighted by Crippen LogP contribution is 2.12. The molecule has 2 aromatic carbocycles. The summed E-state index contributed by atoms with van der Waals surface area (Å²) in [6.45, 7) is -0.421. The number of nitrogens with one attached hydrogen (secondary N) is 1. The zero-order chi connectivity index (χ0) is 18.4. The van der Waals surface area contributed by atoms with Gasteiger partial charge in [0.1, 0.15) is 5.82 Å². The number of amides is 1. The predicted molar refractivity (Wildman–Crippen MR) is 91.4 cm³/mol. The van der Waals surface area contributed by atoms with Crippen LogP contribution in [0.5, 0.6) is 0 Å². The molecular weight excluding hydrogens is 345 g/mol. The highest BCUT2D eigenvalue weighted by Gasteiger charge is 2.20. The Kier molecular flexibility index (Phi) is 5.85. The van der Waals surface area contributed by atoms with Gasteiger partial charge in [0.25, 0.3) is 0 Å². The van der Waals surface area contributed by atoms with Crippen molar-refractivity contribution in [3.8, 4) is 6.07 Å². The van der Waals surface area contributed by atoms with E-state index in [1.807, 2.05) is 6.07 Å². The molecule has 1 amide bonds. The molecule has 0 unspecified atom stereocenters. The summed E-state index contributed by atoms with van der Waals surface area (Å²) >= 11 is 0. The summed E-state index contributed by atoms with van der Waals surface area (Å²) in [7, 11) is -3.64. The van der Waals surface area contributed by atoms with Gasteiger partial charge < -0.3 is 5.32 Å². The van der Waals surface area contributed by atoms with Crippen LogP contribution in [0.25, 0.3) is 0 Å². The quantitative estimate of drug-likeness (QED) is 0.853. The molecule has 0 heterocycles. The van der Waals surface area contributed by atoms with Crippen molar-refractivity contribution in [1.82, 2.24) is 4.31 Å². The van der Waals surface area contributed by atoms with E-state index in [4.69, 9.17) is 5.26 Å². The lowest BCUT2D eigenvalue weighted by molar-refractivity contribution is -0.116. The second kappa shape index (κ2) is 7.88. The molecule has 0 spiro atoms. The van der Waals surface area contributed by atoms with Crippen molar-refractivity contribution >= 4 is 21.6 Å². The molecule has 0 saturated carbocycles. The van der Waals surface area contributed by atoms with Gasteiger partial charge in [-0.05, 0) is 42.0 Å². The fourth-order valence-electron chi connectivity index (χ4n) is 2.07. The first-order valence-electron chi connectivity index (χ1n) is 7.27. The summed E-state index contributed by atoms with van der Waals surface area (Å²) in [5, 5.41) is 11.3. The molecule has 0 aliphatic carbocycles. The van der Waals surface area contributed by atoms with Gasteiger partial charge in [-0.3, -0.25) is 4.79 Å². The lowest BCUT2D eigenvalue weighted by atomic mass is 10.2. The van der Waals surface area contributed by atoms with Crippen LogP contribution in [0, 0.1) is 17.1 Å². The van der Waals surface area contributed by atoms with Crippen LogP contribution in [-0.2, 0) is 21.4 Å². The number of benzene rings is 2. The Morgan fingerprint density at radius 1 is 1.16 bits per heavy atom. The number of hydrogen-bond acceptors (Lipinski definition) is 4. The van der Waals surface area contributed by atoms with E-state index >= 15 is 0 Å². The van der Waals surface area contributed by atoms with E-state index < -0.39 is 21.7 Å². The summed E-state index contributed by atoms with van der Waals surface area (Å²) in [6.07, 6.45) is 1.01. The standard InChI is InChI=1S/C17H16FN3O3S/c1-25(23,24)21(11-14-2-6-15(18)7-3-14)12-17(22)20-16-8-4-13(10-19)5-9-16/h2-9H,11-12H2,1H3,(H,20,22). The molecule has 0 aliphatic rings. The van der Waals surface area contributed by atoms with Crippen molar-refractivity contribution in [3.63, 3.8) is 0 Å². The molecule has 0 saturated heterocycles. The molecule has 0 atom stereocenters. The predicted octanol–water partition coefficient (Wildman–Crippen LogP) is 2.10. The van der Waals surface area contributed by atoms with Crippen molar-refractivity contribution in [3.05, 3.63) is 65.5 Å². The van der Waals surface area contributed by atoms with Crippen molar-refractivity contribution in [2.45, 2.75) is 6.54 Å². The van der Waals surface area contributed by atoms with E-state index in [0.29, 0.717) is 16.8 Å². The van der Waals surface area contributed by atoms with Crippen molar-refractivity contribution in [1.29, 1.82) is 5.26 Å². The SMILES string of the molecule is CS(=O)(=O)N(CC(=O)Nc1ccc(C#N)cc1)Cc1ccc(F)cc1. The smallest absolute Gasteiger partial charge is 0.239 e. The van der Waals surface area contributed by atoms with Crippen LogP contribution in [0.1, 0.15) is 11.1 Å². The Morgan fingerprint density at radius 3 is 2.28 bits per heavy atom. The molecule has 25 heavy (non-hydrogen) atoms. The lowest BCUT2D eigenvalue weighted by Gasteiger charge is -2.19. The zero-order valence-corrected chi connectivity index (χ0v) is 14.3. The second-order valence-corrected chi connectivity index (χ2v) is 7.38. The lowest BCUT2D eigenvalue weighted by Crippen LogP contribution is -2.36. The van der Waals surface area contributed by atoms with Crippen LogP contribution in [0.15, 0.2) is 48.5 Å². The van der Waals surface area contributed by atoms with Crippen LogP contribution in [0.2, 0.25) is 0 Å². The number of carbonyl (C=O) groups excluding carboxylic acids is 1. The fraction of sp³-hybridized carbons (Fsp3) is 0.176. The summed E-state index contributed by atoms with van der Waals surface area (Å²) in [4.78, 5) is 12.1. The summed E-state index contributed by atoms with van der Waals surface area (Å²) < 4.78 is 37.8. The number of anilines is 1. The highest BCUT2D eigenvalue weighted by atomic mass is 32.2. The zero-order valence-electron chi connectivity index (χ0n) is 13.4. The van der Waals surface area contributed by atoms with Gasteiger partial charge in [0, 0.05) is 12.2 Å². The first kappa shape index (κ1) is 18.6. The van der Waals surface area contributed by atoms with Gasteiger partial charge in [-0.15, -0.1) is 0 Å². The Bertz CT molecular complexity index is 888. The van der Waals surface area contributed by atoms with Crippen LogP contribution >= 0.6 is 0 Å². The maximum Gasteiger partial charge on any atom is 0.239 e. The minimum Gasteiger partial charge on any atom is -0.325 e. The van der Waals surface area contributed by atoms with Gasteiger partial charge in [0.2, 0.25) is 15.9 Å². The largest absolute Gasteiger partial charge is 0.325 e. The first-order valence-corrected chi connectivity index (χ1v) is 9.12. The van der Waals surface area contributed by atoms with E-state index in [1.54, 1.807) is 24.3 Å². The van der Waals surface area contributed by atoms with E-state index in [-0.39, 0.29) is 13.1 Å². The monoisotopic (exact) mass is 361 g/mol. The number of nitriles is 1. The molecule has 0 bridgehead atoms. The fourth-order valence-corrected chi connectivity index (χ4v) is 2.81. The maximum atomic E-state index is 12.9. The number of carbonyl (C=O) groups is 1. The van der Waals surface area contributed by atoms with E-state index in [1.165, 1.54) is 24.3 Å². The van der Waals surface area contributed by atoms with Gasteiger partial charge in [-0.25, -0.2) is 12.8 Å². The van der Waals surface area contributed by atoms with Gasteiger partial charge in [0.15, 0.2) is 0 Å². The molecule has 6 nitrogen and oxygen atoms in total. The Labute approximate surface area is 145 Å². The molecule has 0 fully saturated rings. The summed E-state index contributed by atoms with van der Waals surface area (Å²) in [5.41, 5.74) is 1.48. The van der Waals surface area contributed by atoms with Crippen LogP contribution in [0.3, 0.4) is 0 Å². The van der Waals surface area contributed by atoms with Crippen LogP contribution in [0.4, 0.5) is 10.1 Å². The first-order chi connectivity index (χ1) is 11.8. The molecule has 2 rings (SSSR count). The van der Waals surface area contributed by atoms with Crippen LogP contribution < -0.4 is 5.32 Å². The highest BCUT2D eigenvalue weighted by molar-refractivity contribution is 7.88. The van der Waals surface area contributed by atoms with Gasteiger partial charge in [0.05, 0.1) is 24.4 Å². The minimum absolute atomic E-state index is 0.0418. The maximum absolute atomic E-state index is 12.9. The third-order valence-corrected chi connectivity index (χ3v) is 4.56. The van der Waals surface area contributed by atoms with E-state index in [0.717, 1.165) is 10.6 Å². The van der Waals surface area contributed by atoms with Crippen molar-refractivity contribution in [2.24, 2.45) is 0 Å². The topological polar surface area (TPSA) is 90.3 Å². The van der Waals surface area contributed by atoms with Crippen molar-refractivity contribution in [2.75, 3.05) is 18.1 Å². The number of nitrogens with zero attached hydrogens (tertiary/aromatic N) is 2. The Morgan fingerprint density at radius 2 is 1.76 bits per heavy atom. The van der Waals surface area contributed by atoms with E-state index in [2.05, 4.69) is 5.32 Å². The average Bonchev–Trinajstić information content (AvgIpc) is 2.56. The number of halogens is 1. The summed E-state index contributed by atoms with van der Waals surface area (Å²) in [5.74, 6) is -0.939. The number of hydrogen-bond donors (Lipinski definition) is 1. The van der Waals surface area contributed by atoms with Gasteiger partial charge in [-0.1, -0.05) is 12.1 Å². The van der Waals surface area contributed by atoms with Crippen molar-refractivity contribution < 1.29 is 17.6 Å². The normalized spacial score (nSPS) is 11.1.